The second kappa shape index (κ2) is 14.6. The highest BCUT2D eigenvalue weighted by atomic mass is 16.6. The largest absolute Gasteiger partial charge is 0.459 e. The SMILES string of the molecule is C=C1[C@@H](OC(C)=O)[C@@H]2[C@H](OC(=O)c3ccccc3)[C@H](C)C[C@@]2(O)[C@@H](OC(C)=O)[C@@H](C)C=CC(C)(C)C(=O)[C@@H](OC(C)=O)[C@@H]1OC(C)=O. The molecule has 2 aliphatic rings. The van der Waals surface area contributed by atoms with Crippen LogP contribution < -0.4 is 0 Å². The lowest BCUT2D eigenvalue weighted by molar-refractivity contribution is -0.192. The molecule has 0 unspecified atom stereocenters. The van der Waals surface area contributed by atoms with E-state index in [0.29, 0.717) is 0 Å². The Hall–Kier alpha value is -4.32. The number of hydrogen-bond acceptors (Lipinski definition) is 12. The number of esters is 5. The molecular weight excluding hydrogens is 612 g/mol. The summed E-state index contributed by atoms with van der Waals surface area (Å²) in [6, 6.07) is 8.09. The maximum absolute atomic E-state index is 14.1. The van der Waals surface area contributed by atoms with Crippen molar-refractivity contribution in [2.75, 3.05) is 0 Å². The number of aliphatic hydroxyl groups is 1. The first-order valence-corrected chi connectivity index (χ1v) is 15.4. The molecule has 0 radical (unpaired) electrons. The van der Waals surface area contributed by atoms with Gasteiger partial charge in [0.05, 0.1) is 11.5 Å². The zero-order chi connectivity index (χ0) is 35.4. The van der Waals surface area contributed by atoms with Gasteiger partial charge in [-0.2, -0.15) is 0 Å². The first kappa shape index (κ1) is 37.1. The molecule has 0 aliphatic heterocycles. The van der Waals surface area contributed by atoms with Crippen LogP contribution in [0.5, 0.6) is 0 Å². The standard InChI is InChI=1S/C35H44O12/c1-18-15-16-34(8,9)31(40)30(45-23(6)38)29(44-22(5)37)20(3)28(43-21(4)36)26-27(47-33(41)25-13-11-10-12-14-25)19(2)17-35(26,42)32(18)46-24(7)39/h10-16,18-19,26-30,32,42H,3,17H2,1-2,4-9H3/t18-,19+,26-,27+,28+,29+,30-,32-,35-/m0/s1. The Morgan fingerprint density at radius 2 is 1.30 bits per heavy atom. The van der Waals surface area contributed by atoms with E-state index in [2.05, 4.69) is 6.58 Å². The van der Waals surface area contributed by atoms with Crippen LogP contribution in [0.25, 0.3) is 0 Å². The van der Waals surface area contributed by atoms with Gasteiger partial charge >= 0.3 is 29.8 Å². The lowest BCUT2D eigenvalue weighted by Crippen LogP contribution is -2.59. The van der Waals surface area contributed by atoms with E-state index >= 15 is 0 Å². The molecule has 256 valence electrons. The number of ether oxygens (including phenoxy) is 5. The van der Waals surface area contributed by atoms with Gasteiger partial charge in [0.1, 0.15) is 23.9 Å². The molecule has 2 aliphatic carbocycles. The molecule has 0 spiro atoms. The summed E-state index contributed by atoms with van der Waals surface area (Å²) >= 11 is 0. The van der Waals surface area contributed by atoms with Gasteiger partial charge in [0, 0.05) is 44.6 Å². The molecule has 3 rings (SSSR count). The number of Topliss-reactive ketones (excluding diaryl/α,β-unsaturated/α-hetero) is 1. The number of benzene rings is 1. The van der Waals surface area contributed by atoms with Crippen LogP contribution in [0.2, 0.25) is 0 Å². The van der Waals surface area contributed by atoms with Gasteiger partial charge in [0.2, 0.25) is 6.10 Å². The Balaban J connectivity index is 2.39. The van der Waals surface area contributed by atoms with Crippen LogP contribution in [-0.2, 0) is 47.7 Å². The van der Waals surface area contributed by atoms with Gasteiger partial charge in [0.25, 0.3) is 0 Å². The van der Waals surface area contributed by atoms with Gasteiger partial charge in [-0.25, -0.2) is 4.79 Å². The van der Waals surface area contributed by atoms with Crippen LogP contribution in [0.15, 0.2) is 54.6 Å². The molecule has 12 heteroatoms. The third-order valence-corrected chi connectivity index (χ3v) is 8.58. The van der Waals surface area contributed by atoms with Crippen LogP contribution >= 0.6 is 0 Å². The van der Waals surface area contributed by atoms with Crippen LogP contribution in [0, 0.1) is 23.2 Å². The number of rotatable bonds is 6. The molecule has 0 heterocycles. The van der Waals surface area contributed by atoms with E-state index in [4.69, 9.17) is 23.7 Å². The van der Waals surface area contributed by atoms with E-state index in [1.54, 1.807) is 64.1 Å². The average Bonchev–Trinajstić information content (AvgIpc) is 3.22. The van der Waals surface area contributed by atoms with Crippen molar-refractivity contribution >= 4 is 35.6 Å². The summed E-state index contributed by atoms with van der Waals surface area (Å²) in [6.45, 7) is 15.0. The zero-order valence-corrected chi connectivity index (χ0v) is 28.0. The molecule has 0 amide bonds. The van der Waals surface area contributed by atoms with E-state index in [0.717, 1.165) is 20.8 Å². The van der Waals surface area contributed by atoms with E-state index in [9.17, 15) is 33.9 Å². The van der Waals surface area contributed by atoms with Gasteiger partial charge in [-0.05, 0) is 38.3 Å². The second-order valence-electron chi connectivity index (χ2n) is 12.9. The fourth-order valence-corrected chi connectivity index (χ4v) is 6.55. The van der Waals surface area contributed by atoms with E-state index in [-0.39, 0.29) is 17.6 Å². The molecule has 1 fully saturated rings. The van der Waals surface area contributed by atoms with Crippen molar-refractivity contribution < 1.29 is 57.6 Å². The number of ketones is 1. The van der Waals surface area contributed by atoms with Crippen molar-refractivity contribution in [1.29, 1.82) is 0 Å². The molecule has 1 N–H and O–H groups in total. The topological polar surface area (TPSA) is 169 Å². The van der Waals surface area contributed by atoms with Crippen LogP contribution in [0.3, 0.4) is 0 Å². The predicted molar refractivity (Wildman–Crippen MR) is 166 cm³/mol. The van der Waals surface area contributed by atoms with Crippen molar-refractivity contribution in [3.8, 4) is 0 Å². The lowest BCUT2D eigenvalue weighted by atomic mass is 9.72. The molecule has 0 aromatic heterocycles. The molecule has 1 aromatic carbocycles. The normalized spacial score (nSPS) is 32.1. The number of fused-ring (bicyclic) bond motifs is 1. The summed E-state index contributed by atoms with van der Waals surface area (Å²) in [7, 11) is 0. The third kappa shape index (κ3) is 8.34. The molecule has 0 bridgehead atoms. The van der Waals surface area contributed by atoms with Crippen molar-refractivity contribution in [2.24, 2.45) is 23.2 Å². The van der Waals surface area contributed by atoms with Crippen molar-refractivity contribution in [2.45, 2.75) is 97.9 Å². The van der Waals surface area contributed by atoms with Crippen LogP contribution in [0.4, 0.5) is 0 Å². The maximum atomic E-state index is 14.1. The quantitative estimate of drug-likeness (QED) is 0.268. The first-order valence-electron chi connectivity index (χ1n) is 15.4. The summed E-state index contributed by atoms with van der Waals surface area (Å²) in [4.78, 5) is 77.6. The lowest BCUT2D eigenvalue weighted by Gasteiger charge is -2.45. The summed E-state index contributed by atoms with van der Waals surface area (Å²) < 4.78 is 28.6. The fraction of sp³-hybridized carbons (Fsp3) is 0.543. The van der Waals surface area contributed by atoms with Gasteiger partial charge in [0.15, 0.2) is 11.9 Å². The zero-order valence-electron chi connectivity index (χ0n) is 28.0. The van der Waals surface area contributed by atoms with Crippen LogP contribution in [-0.4, -0.2) is 76.9 Å². The molecule has 9 atom stereocenters. The molecular formula is C35H44O12. The Labute approximate surface area is 274 Å². The molecule has 1 saturated carbocycles. The Morgan fingerprint density at radius 1 is 0.787 bits per heavy atom. The molecule has 12 nitrogen and oxygen atoms in total. The Kier molecular flexibility index (Phi) is 11.6. The monoisotopic (exact) mass is 656 g/mol. The smallest absolute Gasteiger partial charge is 0.338 e. The Morgan fingerprint density at radius 3 is 1.83 bits per heavy atom. The Bertz CT molecular complexity index is 1430. The molecule has 47 heavy (non-hydrogen) atoms. The number of carbonyl (C=O) groups excluding carboxylic acids is 6. The minimum Gasteiger partial charge on any atom is -0.459 e. The third-order valence-electron chi connectivity index (χ3n) is 8.58. The van der Waals surface area contributed by atoms with E-state index in [1.165, 1.54) is 13.0 Å². The summed E-state index contributed by atoms with van der Waals surface area (Å²) in [5, 5.41) is 12.8. The van der Waals surface area contributed by atoms with E-state index < -0.39 is 94.9 Å². The second-order valence-corrected chi connectivity index (χ2v) is 12.9. The van der Waals surface area contributed by atoms with Gasteiger partial charge in [-0.1, -0.05) is 50.8 Å². The van der Waals surface area contributed by atoms with Crippen molar-refractivity contribution in [3.05, 3.63) is 60.2 Å². The van der Waals surface area contributed by atoms with Gasteiger partial charge in [-0.3, -0.25) is 24.0 Å². The number of carbonyl (C=O) groups is 6. The van der Waals surface area contributed by atoms with Gasteiger partial charge < -0.3 is 28.8 Å². The highest BCUT2D eigenvalue weighted by Crippen LogP contribution is 2.51. The summed E-state index contributed by atoms with van der Waals surface area (Å²) in [5.74, 6) is -7.51. The fourth-order valence-electron chi connectivity index (χ4n) is 6.55. The van der Waals surface area contributed by atoms with E-state index in [1.807, 2.05) is 0 Å². The summed E-state index contributed by atoms with van der Waals surface area (Å²) in [6.07, 6.45) is -4.58. The average molecular weight is 657 g/mol. The molecule has 0 saturated heterocycles. The predicted octanol–water partition coefficient (Wildman–Crippen LogP) is 3.68. The first-order chi connectivity index (χ1) is 21.8. The number of hydrogen-bond donors (Lipinski definition) is 1. The molecule has 1 aromatic rings. The highest BCUT2D eigenvalue weighted by molar-refractivity contribution is 5.93. The van der Waals surface area contributed by atoms with Gasteiger partial charge in [-0.15, -0.1) is 0 Å². The van der Waals surface area contributed by atoms with Crippen LogP contribution in [0.1, 0.15) is 72.2 Å². The number of allylic oxidation sites excluding steroid dienone is 1. The minimum absolute atomic E-state index is 0.0977. The van der Waals surface area contributed by atoms with Crippen molar-refractivity contribution in [1.82, 2.24) is 0 Å². The van der Waals surface area contributed by atoms with Crippen molar-refractivity contribution in [3.63, 3.8) is 0 Å². The summed E-state index contributed by atoms with van der Waals surface area (Å²) in [5.41, 5.74) is -3.44. The maximum Gasteiger partial charge on any atom is 0.338 e. The highest BCUT2D eigenvalue weighted by Gasteiger charge is 2.64. The minimum atomic E-state index is -2.05.